The Morgan fingerprint density at radius 2 is 1.28 bits per heavy atom. The summed E-state index contributed by atoms with van der Waals surface area (Å²) in [6, 6.07) is 18.2. The number of piperidine rings is 2. The summed E-state index contributed by atoms with van der Waals surface area (Å²) in [4.78, 5) is 54.8. The Labute approximate surface area is 286 Å². The molecule has 5 heterocycles. The quantitative estimate of drug-likeness (QED) is 0.174. The second-order valence-corrected chi connectivity index (χ2v) is 15.4. The van der Waals surface area contributed by atoms with Gasteiger partial charge < -0.3 is 19.8 Å². The van der Waals surface area contributed by atoms with Crippen LogP contribution in [0.5, 0.6) is 0 Å². The average Bonchev–Trinajstić information content (AvgIpc) is 3.74. The van der Waals surface area contributed by atoms with E-state index in [-0.39, 0.29) is 30.3 Å². The van der Waals surface area contributed by atoms with E-state index >= 15 is 0 Å². The monoisotopic (exact) mass is 668 g/mol. The molecule has 4 fully saturated rings. The molecule has 0 spiro atoms. The molecule has 2 saturated carbocycles. The number of fused-ring (bicyclic) bond motifs is 5. The van der Waals surface area contributed by atoms with Crippen molar-refractivity contribution in [1.82, 2.24) is 39.7 Å². The van der Waals surface area contributed by atoms with Crippen molar-refractivity contribution >= 4 is 45.3 Å². The number of carboxylic acid groups (broad SMARTS) is 1. The lowest BCUT2D eigenvalue weighted by Gasteiger charge is -2.29. The lowest BCUT2D eigenvalue weighted by molar-refractivity contribution is 0.0175. The van der Waals surface area contributed by atoms with Gasteiger partial charge >= 0.3 is 12.2 Å². The number of likely N-dealkylation sites (tertiary alicyclic amines) is 2. The minimum atomic E-state index is -0.874. The van der Waals surface area contributed by atoms with Crippen LogP contribution in [-0.2, 0) is 4.74 Å². The second-order valence-electron chi connectivity index (χ2n) is 15.4. The molecule has 6 atom stereocenters. The third-order valence-corrected chi connectivity index (χ3v) is 10.8. The van der Waals surface area contributed by atoms with E-state index in [2.05, 4.69) is 16.0 Å². The Morgan fingerprint density at radius 1 is 0.720 bits per heavy atom. The molecular formula is C38H36N8O4. The number of carbonyl (C=O) groups is 2. The van der Waals surface area contributed by atoms with E-state index in [9.17, 15) is 14.7 Å². The molecule has 12 heteroatoms. The van der Waals surface area contributed by atoms with Gasteiger partial charge in [0, 0.05) is 17.6 Å². The number of amides is 2. The maximum absolute atomic E-state index is 13.1. The number of ether oxygens (including phenoxy) is 1. The summed E-state index contributed by atoms with van der Waals surface area (Å²) in [7, 11) is 0. The molecule has 2 amide bonds. The zero-order valence-corrected chi connectivity index (χ0v) is 27.9. The molecular weight excluding hydrogens is 632 g/mol. The lowest BCUT2D eigenvalue weighted by Crippen LogP contribution is -2.38. The number of hydrogen-bond acceptors (Lipinski definition) is 7. The van der Waals surface area contributed by atoms with Crippen LogP contribution in [0.25, 0.3) is 55.5 Å². The standard InChI is InChI=1S/C38H36N8O4/c1-38(2,3)50-37(49)46-31-14-22(31)16-33(46)35-42-25-9-6-20(12-28(25)44-35)29-17-39-26-10-18(4-7-23(26)40-29)19-5-8-24-27(11-19)43-34(41-24)32-15-21-13-30(21)45(32)36(47)48/h4-12,17,21-22,30-33H,13-16H2,1-3H3,(H,41,43)(H,42,44)(H,47,48)/t21-,22-,30-,31-,32+,33+/m1/s1. The van der Waals surface area contributed by atoms with Crippen LogP contribution < -0.4 is 0 Å². The largest absolute Gasteiger partial charge is 0.465 e. The number of rotatable bonds is 4. The maximum atomic E-state index is 13.1. The van der Waals surface area contributed by atoms with Crippen molar-refractivity contribution in [2.24, 2.45) is 11.8 Å². The summed E-state index contributed by atoms with van der Waals surface area (Å²) >= 11 is 0. The van der Waals surface area contributed by atoms with Gasteiger partial charge in [0.25, 0.3) is 0 Å². The number of aromatic amines is 2. The lowest BCUT2D eigenvalue weighted by atomic mass is 10.0. The highest BCUT2D eigenvalue weighted by atomic mass is 16.6. The van der Waals surface area contributed by atoms with Crippen molar-refractivity contribution in [3.05, 3.63) is 72.4 Å². The molecule has 12 nitrogen and oxygen atoms in total. The van der Waals surface area contributed by atoms with Crippen LogP contribution in [-0.4, -0.2) is 74.7 Å². The van der Waals surface area contributed by atoms with Crippen LogP contribution in [0, 0.1) is 11.8 Å². The molecule has 50 heavy (non-hydrogen) atoms. The minimum Gasteiger partial charge on any atom is -0.465 e. The van der Waals surface area contributed by atoms with Crippen molar-refractivity contribution in [2.75, 3.05) is 0 Å². The first kappa shape index (κ1) is 29.4. The molecule has 0 radical (unpaired) electrons. The van der Waals surface area contributed by atoms with E-state index in [1.165, 1.54) is 0 Å². The predicted molar refractivity (Wildman–Crippen MR) is 186 cm³/mol. The summed E-state index contributed by atoms with van der Waals surface area (Å²) in [5, 5.41) is 9.77. The van der Waals surface area contributed by atoms with Crippen LogP contribution in [0.2, 0.25) is 0 Å². The SMILES string of the molecule is CC(C)(C)OC(=O)N1[C@@H]2C[C@@H]2C[C@H]1c1nc2ccc(-c3cnc4cc(-c5ccc6nc([C@@H]7C[C@H]8C[C@H]8N7C(=O)O)[nH]c6c5)ccc4n3)cc2[nH]1. The van der Waals surface area contributed by atoms with Gasteiger partial charge in [-0.25, -0.2) is 24.5 Å². The molecule has 252 valence electrons. The smallest absolute Gasteiger partial charge is 0.411 e. The molecule has 3 aromatic heterocycles. The first-order valence-corrected chi connectivity index (χ1v) is 17.4. The van der Waals surface area contributed by atoms with Crippen LogP contribution in [0.1, 0.15) is 70.2 Å². The van der Waals surface area contributed by atoms with Gasteiger partial charge in [-0.3, -0.25) is 14.8 Å². The van der Waals surface area contributed by atoms with Gasteiger partial charge in [-0.05, 0) is 106 Å². The molecule has 2 aliphatic carbocycles. The van der Waals surface area contributed by atoms with E-state index in [0.29, 0.717) is 17.7 Å². The van der Waals surface area contributed by atoms with Crippen molar-refractivity contribution < 1.29 is 19.4 Å². The van der Waals surface area contributed by atoms with Gasteiger partial charge in [-0.1, -0.05) is 18.2 Å². The number of nitrogens with zero attached hydrogens (tertiary/aromatic N) is 6. The molecule has 2 saturated heterocycles. The zero-order valence-electron chi connectivity index (χ0n) is 27.9. The molecule has 2 aliphatic heterocycles. The summed E-state index contributed by atoms with van der Waals surface area (Å²) in [6.07, 6.45) is 4.34. The van der Waals surface area contributed by atoms with Gasteiger partial charge in [0.2, 0.25) is 0 Å². The molecule has 4 aliphatic rings. The first-order valence-electron chi connectivity index (χ1n) is 17.4. The topological polar surface area (TPSA) is 153 Å². The van der Waals surface area contributed by atoms with Gasteiger partial charge in [0.05, 0.1) is 57.1 Å². The molecule has 6 aromatic rings. The Balaban J connectivity index is 0.902. The molecule has 0 bridgehead atoms. The first-order chi connectivity index (χ1) is 24.1. The molecule has 3 N–H and O–H groups in total. The van der Waals surface area contributed by atoms with E-state index in [0.717, 1.165) is 87.0 Å². The van der Waals surface area contributed by atoms with E-state index in [1.807, 2.05) is 74.2 Å². The third-order valence-electron chi connectivity index (χ3n) is 10.8. The normalized spacial score (nSPS) is 25.3. The molecule has 10 rings (SSSR count). The number of carbonyl (C=O) groups excluding carboxylic acids is 1. The maximum Gasteiger partial charge on any atom is 0.411 e. The van der Waals surface area contributed by atoms with Crippen LogP contribution in [0.4, 0.5) is 9.59 Å². The predicted octanol–water partition coefficient (Wildman–Crippen LogP) is 7.60. The van der Waals surface area contributed by atoms with Gasteiger partial charge in [-0.15, -0.1) is 0 Å². The molecule has 3 aromatic carbocycles. The number of benzene rings is 3. The van der Waals surface area contributed by atoms with E-state index < -0.39 is 11.7 Å². The Kier molecular flexibility index (Phi) is 6.03. The van der Waals surface area contributed by atoms with Gasteiger partial charge in [-0.2, -0.15) is 0 Å². The highest BCUT2D eigenvalue weighted by molar-refractivity contribution is 5.88. The van der Waals surface area contributed by atoms with Crippen LogP contribution in [0.3, 0.4) is 0 Å². The zero-order chi connectivity index (χ0) is 34.1. The van der Waals surface area contributed by atoms with Gasteiger partial charge in [0.15, 0.2) is 0 Å². The number of nitrogens with one attached hydrogen (secondary N) is 2. The molecule has 0 unspecified atom stereocenters. The fraction of sp³-hybridized carbons (Fsp3) is 0.368. The second kappa shape index (κ2) is 10.3. The number of aromatic nitrogens is 6. The van der Waals surface area contributed by atoms with E-state index in [4.69, 9.17) is 24.7 Å². The van der Waals surface area contributed by atoms with Crippen molar-refractivity contribution in [2.45, 2.75) is 76.2 Å². The average molecular weight is 669 g/mol. The summed E-state index contributed by atoms with van der Waals surface area (Å²) in [5.74, 6) is 2.45. The summed E-state index contributed by atoms with van der Waals surface area (Å²) < 4.78 is 5.75. The van der Waals surface area contributed by atoms with Crippen molar-refractivity contribution in [1.29, 1.82) is 0 Å². The Hall–Kier alpha value is -5.52. The van der Waals surface area contributed by atoms with Crippen molar-refractivity contribution in [3.63, 3.8) is 0 Å². The van der Waals surface area contributed by atoms with Crippen LogP contribution in [0.15, 0.2) is 60.8 Å². The van der Waals surface area contributed by atoms with E-state index in [1.54, 1.807) is 11.1 Å². The summed E-state index contributed by atoms with van der Waals surface area (Å²) in [6.45, 7) is 5.69. The minimum absolute atomic E-state index is 0.129. The highest BCUT2D eigenvalue weighted by Gasteiger charge is 2.57. The number of hydrogen-bond donors (Lipinski definition) is 3. The fourth-order valence-corrected chi connectivity index (χ4v) is 8.30. The van der Waals surface area contributed by atoms with Gasteiger partial charge in [0.1, 0.15) is 17.2 Å². The fourth-order valence-electron chi connectivity index (χ4n) is 8.30. The number of H-pyrrole nitrogens is 2. The Morgan fingerprint density at radius 3 is 1.92 bits per heavy atom. The Bertz CT molecular complexity index is 2390. The highest BCUT2D eigenvalue weighted by Crippen LogP contribution is 2.54. The summed E-state index contributed by atoms with van der Waals surface area (Å²) in [5.41, 5.74) is 8.13. The van der Waals surface area contributed by atoms with Crippen LogP contribution >= 0.6 is 0 Å². The third kappa shape index (κ3) is 4.79. The van der Waals surface area contributed by atoms with Crippen molar-refractivity contribution in [3.8, 4) is 22.4 Å². The number of imidazole rings is 2.